The van der Waals surface area contributed by atoms with Crippen molar-refractivity contribution in [2.75, 3.05) is 18.0 Å². The summed E-state index contributed by atoms with van der Waals surface area (Å²) >= 11 is 3.30. The number of amides is 2. The summed E-state index contributed by atoms with van der Waals surface area (Å²) in [5.74, 6) is -1.88. The van der Waals surface area contributed by atoms with E-state index in [4.69, 9.17) is 0 Å². The second-order valence-electron chi connectivity index (χ2n) is 6.05. The van der Waals surface area contributed by atoms with E-state index < -0.39 is 11.6 Å². The van der Waals surface area contributed by atoms with Gasteiger partial charge in [0, 0.05) is 41.2 Å². The predicted molar refractivity (Wildman–Crippen MR) is 98.1 cm³/mol. The molecular weight excluding hydrogens is 406 g/mol. The fourth-order valence-corrected chi connectivity index (χ4v) is 3.26. The van der Waals surface area contributed by atoms with Gasteiger partial charge >= 0.3 is 0 Å². The number of hydrogen-bond donors (Lipinski definition) is 1. The van der Waals surface area contributed by atoms with Crippen LogP contribution in [0, 0.1) is 11.6 Å². The Kier molecular flexibility index (Phi) is 5.66. The molecule has 26 heavy (non-hydrogen) atoms. The van der Waals surface area contributed by atoms with Gasteiger partial charge in [-0.25, -0.2) is 8.78 Å². The third-order valence-corrected chi connectivity index (χ3v) is 4.80. The van der Waals surface area contributed by atoms with E-state index in [9.17, 15) is 18.4 Å². The number of nitrogens with zero attached hydrogens (tertiary/aromatic N) is 1. The van der Waals surface area contributed by atoms with Crippen molar-refractivity contribution in [3.05, 3.63) is 63.6 Å². The highest BCUT2D eigenvalue weighted by molar-refractivity contribution is 9.10. The van der Waals surface area contributed by atoms with Crippen LogP contribution in [0.4, 0.5) is 14.5 Å². The van der Waals surface area contributed by atoms with E-state index in [1.165, 1.54) is 11.0 Å². The molecule has 0 spiro atoms. The van der Waals surface area contributed by atoms with Crippen molar-refractivity contribution in [2.24, 2.45) is 0 Å². The highest BCUT2D eigenvalue weighted by Crippen LogP contribution is 2.30. The van der Waals surface area contributed by atoms with Gasteiger partial charge in [-0.2, -0.15) is 0 Å². The van der Waals surface area contributed by atoms with E-state index in [0.717, 1.165) is 10.5 Å². The third kappa shape index (κ3) is 4.09. The van der Waals surface area contributed by atoms with Crippen molar-refractivity contribution < 1.29 is 18.4 Å². The van der Waals surface area contributed by atoms with Crippen molar-refractivity contribution in [2.45, 2.75) is 19.3 Å². The van der Waals surface area contributed by atoms with Gasteiger partial charge in [-0.1, -0.05) is 15.9 Å². The van der Waals surface area contributed by atoms with Crippen LogP contribution >= 0.6 is 15.9 Å². The number of nitrogens with one attached hydrogen (secondary N) is 1. The molecule has 2 aromatic rings. The molecule has 0 saturated carbocycles. The molecule has 0 saturated heterocycles. The number of hydrogen-bond acceptors (Lipinski definition) is 2. The Bertz CT molecular complexity index is 840. The molecule has 0 radical (unpaired) electrons. The second kappa shape index (κ2) is 7.95. The molecule has 0 aliphatic carbocycles. The summed E-state index contributed by atoms with van der Waals surface area (Å²) in [4.78, 5) is 25.9. The van der Waals surface area contributed by atoms with Gasteiger partial charge < -0.3 is 10.2 Å². The molecule has 7 heteroatoms. The second-order valence-corrected chi connectivity index (χ2v) is 6.96. The average Bonchev–Trinajstić information content (AvgIpc) is 2.61. The summed E-state index contributed by atoms with van der Waals surface area (Å²) in [7, 11) is 0. The molecule has 0 unspecified atom stereocenters. The van der Waals surface area contributed by atoms with Crippen molar-refractivity contribution in [3.63, 3.8) is 0 Å². The standard InChI is InChI=1S/C19H17BrF2N2O2/c20-13-5-3-12(4-6-13)19(26)23-8-7-18(25)24-9-1-2-15-16(22)10-14(21)11-17(15)24/h3-6,10-11H,1-2,7-9H2,(H,23,26). The van der Waals surface area contributed by atoms with Gasteiger partial charge in [0.05, 0.1) is 5.69 Å². The summed E-state index contributed by atoms with van der Waals surface area (Å²) in [6.07, 6.45) is 1.15. The van der Waals surface area contributed by atoms with E-state index >= 15 is 0 Å². The van der Waals surface area contributed by atoms with Crippen LogP contribution in [-0.2, 0) is 11.2 Å². The molecule has 2 aromatic carbocycles. The maximum atomic E-state index is 13.9. The number of halogens is 3. The van der Waals surface area contributed by atoms with Crippen LogP contribution in [0.15, 0.2) is 40.9 Å². The molecule has 1 aliphatic heterocycles. The zero-order chi connectivity index (χ0) is 18.7. The van der Waals surface area contributed by atoms with Gasteiger partial charge in [-0.05, 0) is 43.2 Å². The molecule has 0 atom stereocenters. The lowest BCUT2D eigenvalue weighted by Crippen LogP contribution is -2.38. The Hall–Kier alpha value is -2.28. The smallest absolute Gasteiger partial charge is 0.251 e. The normalized spacial score (nSPS) is 13.3. The molecule has 1 heterocycles. The van der Waals surface area contributed by atoms with Crippen LogP contribution in [0.1, 0.15) is 28.8 Å². The van der Waals surface area contributed by atoms with Crippen molar-refractivity contribution in [1.82, 2.24) is 5.32 Å². The molecule has 0 bridgehead atoms. The monoisotopic (exact) mass is 422 g/mol. The fourth-order valence-electron chi connectivity index (χ4n) is 2.99. The minimum atomic E-state index is -0.704. The first-order valence-corrected chi connectivity index (χ1v) is 9.07. The molecule has 1 aliphatic rings. The first-order chi connectivity index (χ1) is 12.5. The number of anilines is 1. The number of benzene rings is 2. The van der Waals surface area contributed by atoms with Crippen molar-refractivity contribution >= 4 is 33.4 Å². The van der Waals surface area contributed by atoms with E-state index in [-0.39, 0.29) is 30.5 Å². The fraction of sp³-hybridized carbons (Fsp3) is 0.263. The molecule has 0 fully saturated rings. The number of carbonyl (C=O) groups excluding carboxylic acids is 2. The summed E-state index contributed by atoms with van der Waals surface area (Å²) < 4.78 is 28.3. The van der Waals surface area contributed by atoms with Crippen LogP contribution in [0.2, 0.25) is 0 Å². The highest BCUT2D eigenvalue weighted by atomic mass is 79.9. The lowest BCUT2D eigenvalue weighted by molar-refractivity contribution is -0.118. The molecule has 4 nitrogen and oxygen atoms in total. The van der Waals surface area contributed by atoms with E-state index in [1.807, 2.05) is 0 Å². The van der Waals surface area contributed by atoms with Crippen LogP contribution < -0.4 is 10.2 Å². The highest BCUT2D eigenvalue weighted by Gasteiger charge is 2.25. The quantitative estimate of drug-likeness (QED) is 0.813. The summed E-state index contributed by atoms with van der Waals surface area (Å²) in [5.41, 5.74) is 1.15. The van der Waals surface area contributed by atoms with Gasteiger partial charge in [-0.15, -0.1) is 0 Å². The summed E-state index contributed by atoms with van der Waals surface area (Å²) in [6, 6.07) is 8.89. The van der Waals surface area contributed by atoms with Gasteiger partial charge in [0.2, 0.25) is 5.91 Å². The third-order valence-electron chi connectivity index (χ3n) is 4.27. The van der Waals surface area contributed by atoms with Gasteiger partial charge in [-0.3, -0.25) is 9.59 Å². The maximum Gasteiger partial charge on any atom is 0.251 e. The Morgan fingerprint density at radius 3 is 2.62 bits per heavy atom. The average molecular weight is 423 g/mol. The molecule has 0 aromatic heterocycles. The zero-order valence-electron chi connectivity index (χ0n) is 13.9. The Labute approximate surface area is 158 Å². The lowest BCUT2D eigenvalue weighted by Gasteiger charge is -2.30. The van der Waals surface area contributed by atoms with Crippen molar-refractivity contribution in [1.29, 1.82) is 0 Å². The SMILES string of the molecule is O=C(NCCC(=O)N1CCCc2c(F)cc(F)cc21)c1ccc(Br)cc1. The van der Waals surface area contributed by atoms with Crippen LogP contribution in [0.5, 0.6) is 0 Å². The molecule has 136 valence electrons. The molecule has 1 N–H and O–H groups in total. The summed E-state index contributed by atoms with van der Waals surface area (Å²) in [5, 5.41) is 2.69. The van der Waals surface area contributed by atoms with E-state index in [0.29, 0.717) is 30.5 Å². The van der Waals surface area contributed by atoms with Crippen LogP contribution in [0.3, 0.4) is 0 Å². The Balaban J connectivity index is 1.61. The first-order valence-electron chi connectivity index (χ1n) is 8.28. The summed E-state index contributed by atoms with van der Waals surface area (Å²) in [6.45, 7) is 0.562. The van der Waals surface area contributed by atoms with Crippen molar-refractivity contribution in [3.8, 4) is 0 Å². The lowest BCUT2D eigenvalue weighted by atomic mass is 10.0. The Morgan fingerprint density at radius 2 is 1.88 bits per heavy atom. The predicted octanol–water partition coefficient (Wildman–Crippen LogP) is 3.83. The number of rotatable bonds is 4. The number of fused-ring (bicyclic) bond motifs is 1. The minimum absolute atomic E-state index is 0.0554. The van der Waals surface area contributed by atoms with E-state index in [1.54, 1.807) is 24.3 Å². The van der Waals surface area contributed by atoms with E-state index in [2.05, 4.69) is 21.2 Å². The number of carbonyl (C=O) groups is 2. The molecule has 2 amide bonds. The van der Waals surface area contributed by atoms with Gasteiger partial charge in [0.25, 0.3) is 5.91 Å². The van der Waals surface area contributed by atoms with Gasteiger partial charge in [0.15, 0.2) is 0 Å². The largest absolute Gasteiger partial charge is 0.352 e. The minimum Gasteiger partial charge on any atom is -0.352 e. The van der Waals surface area contributed by atoms with Gasteiger partial charge in [0.1, 0.15) is 11.6 Å². The Morgan fingerprint density at radius 1 is 1.15 bits per heavy atom. The molecular formula is C19H17BrF2N2O2. The van der Waals surface area contributed by atoms with Crippen LogP contribution in [-0.4, -0.2) is 24.9 Å². The van der Waals surface area contributed by atoms with Crippen LogP contribution in [0.25, 0.3) is 0 Å². The first kappa shape index (κ1) is 18.5. The zero-order valence-corrected chi connectivity index (χ0v) is 15.5. The maximum absolute atomic E-state index is 13.9. The molecule has 3 rings (SSSR count). The topological polar surface area (TPSA) is 49.4 Å².